The van der Waals surface area contributed by atoms with Crippen molar-refractivity contribution in [1.29, 1.82) is 0 Å². The monoisotopic (exact) mass is 818 g/mol. The van der Waals surface area contributed by atoms with Gasteiger partial charge in [-0.15, -0.1) is 0 Å². The third-order valence-electron chi connectivity index (χ3n) is 13.1. The third-order valence-corrected chi connectivity index (χ3v) is 17.9. The summed E-state index contributed by atoms with van der Waals surface area (Å²) in [6.45, 7) is 0. The van der Waals surface area contributed by atoms with Gasteiger partial charge < -0.3 is 9.13 Å². The number of rotatable bonds is 8. The Labute approximate surface area is 368 Å². The lowest BCUT2D eigenvalue weighted by Gasteiger charge is -2.35. The average Bonchev–Trinajstić information content (AvgIpc) is 3.89. The Kier molecular flexibility index (Phi) is 8.87. The van der Waals surface area contributed by atoms with Crippen LogP contribution in [-0.4, -0.2) is 17.2 Å². The lowest BCUT2D eigenvalue weighted by atomic mass is 9.99. The van der Waals surface area contributed by atoms with Gasteiger partial charge in [-0.2, -0.15) is 0 Å². The smallest absolute Gasteiger partial charge is 0.180 e. The summed E-state index contributed by atoms with van der Waals surface area (Å²) in [6.07, 6.45) is 0. The second-order valence-electron chi connectivity index (χ2n) is 16.4. The summed E-state index contributed by atoms with van der Waals surface area (Å²) in [5.74, 6) is 0. The topological polar surface area (TPSA) is 9.86 Å². The Hall–Kier alpha value is -7.98. The van der Waals surface area contributed by atoms with Crippen molar-refractivity contribution in [2.24, 2.45) is 0 Å². The van der Waals surface area contributed by atoms with Crippen LogP contribution >= 0.6 is 0 Å². The van der Waals surface area contributed by atoms with Gasteiger partial charge in [0.15, 0.2) is 8.07 Å². The molecule has 0 saturated carbocycles. The van der Waals surface area contributed by atoms with Crippen LogP contribution in [0, 0.1) is 0 Å². The summed E-state index contributed by atoms with van der Waals surface area (Å²) in [6, 6.07) is 94.3. The molecule has 0 radical (unpaired) electrons. The first-order chi connectivity index (χ1) is 31.3. The van der Waals surface area contributed by atoms with Gasteiger partial charge in [-0.3, -0.25) is 0 Å². The quantitative estimate of drug-likeness (QED) is 0.107. The Morgan fingerprint density at radius 1 is 0.270 bits per heavy atom. The first-order valence-corrected chi connectivity index (χ1v) is 23.8. The van der Waals surface area contributed by atoms with E-state index in [1.807, 2.05) is 0 Å². The van der Waals surface area contributed by atoms with Gasteiger partial charge in [-0.25, -0.2) is 0 Å². The molecule has 2 aromatic heterocycles. The maximum Gasteiger partial charge on any atom is 0.180 e. The number of benzene rings is 10. The molecule has 0 amide bonds. The molecular formula is C60H42N2Si. The predicted molar refractivity (Wildman–Crippen MR) is 270 cm³/mol. The molecule has 0 saturated heterocycles. The number of nitrogens with zero attached hydrogens (tertiary/aromatic N) is 2. The van der Waals surface area contributed by atoms with Gasteiger partial charge in [0, 0.05) is 27.1 Å². The molecule has 0 aliphatic rings. The van der Waals surface area contributed by atoms with Crippen LogP contribution in [0.25, 0.3) is 77.2 Å². The van der Waals surface area contributed by atoms with Crippen LogP contribution in [0.1, 0.15) is 0 Å². The van der Waals surface area contributed by atoms with Crippen LogP contribution < -0.4 is 20.7 Å². The number of hydrogen-bond acceptors (Lipinski definition) is 0. The van der Waals surface area contributed by atoms with Crippen LogP contribution in [0.2, 0.25) is 0 Å². The van der Waals surface area contributed by atoms with Gasteiger partial charge >= 0.3 is 0 Å². The lowest BCUT2D eigenvalue weighted by molar-refractivity contribution is 1.13. The molecule has 3 heteroatoms. The summed E-state index contributed by atoms with van der Waals surface area (Å²) in [5.41, 5.74) is 11.8. The molecule has 0 unspecified atom stereocenters. The number of hydrogen-bond donors (Lipinski definition) is 0. The summed E-state index contributed by atoms with van der Waals surface area (Å²) in [7, 11) is -2.92. The van der Waals surface area contributed by atoms with Crippen molar-refractivity contribution in [3.63, 3.8) is 0 Å². The Bertz CT molecular complexity index is 3500. The van der Waals surface area contributed by atoms with Crippen LogP contribution in [0.3, 0.4) is 0 Å². The van der Waals surface area contributed by atoms with E-state index in [2.05, 4.69) is 264 Å². The van der Waals surface area contributed by atoms with Crippen molar-refractivity contribution < 1.29 is 0 Å². The van der Waals surface area contributed by atoms with E-state index in [-0.39, 0.29) is 0 Å². The Balaban J connectivity index is 1.25. The summed E-state index contributed by atoms with van der Waals surface area (Å²) in [5, 5.41) is 10.5. The second-order valence-corrected chi connectivity index (χ2v) is 20.1. The minimum atomic E-state index is -2.92. The standard InChI is InChI=1S/C60H42N2Si/c1-6-23-43(24-7-1)48-33-16-18-37-52(48)62-54-39-20-35-49(44-25-8-2-9-26-44)58(54)51-36-21-41-56(60(51)62)61-53-38-19-17-34-50(53)59-55(61)40-22-42-57(59)63(45-27-10-3-11-28-45,46-29-12-4-13-30-46)47-31-14-5-15-32-47/h1-42H. The van der Waals surface area contributed by atoms with E-state index in [1.165, 1.54) is 86.6 Å². The van der Waals surface area contributed by atoms with E-state index in [0.717, 1.165) is 11.4 Å². The summed E-state index contributed by atoms with van der Waals surface area (Å²) >= 11 is 0. The SMILES string of the molecule is c1ccc(-c2ccccc2-n2c3cccc(-c4ccccc4)c3c3cccc(-n4c5ccccc5c5c([Si](c6ccccc6)(c6ccccc6)c6ccccc6)cccc54)c32)cc1. The van der Waals surface area contributed by atoms with Crippen molar-refractivity contribution in [1.82, 2.24) is 9.13 Å². The zero-order valence-electron chi connectivity index (χ0n) is 34.6. The fourth-order valence-corrected chi connectivity index (χ4v) is 15.5. The summed E-state index contributed by atoms with van der Waals surface area (Å²) in [4.78, 5) is 0. The zero-order chi connectivity index (χ0) is 41.7. The number of aromatic nitrogens is 2. The Morgan fingerprint density at radius 2 is 0.698 bits per heavy atom. The van der Waals surface area contributed by atoms with Crippen molar-refractivity contribution >= 4 is 72.4 Å². The normalized spacial score (nSPS) is 11.8. The van der Waals surface area contributed by atoms with Gasteiger partial charge in [0.2, 0.25) is 0 Å². The largest absolute Gasteiger partial charge is 0.307 e. The highest BCUT2D eigenvalue weighted by Crippen LogP contribution is 2.44. The molecule has 0 bridgehead atoms. The van der Waals surface area contributed by atoms with Gasteiger partial charge in [-0.05, 0) is 67.8 Å². The van der Waals surface area contributed by atoms with Crippen molar-refractivity contribution in [3.05, 3.63) is 255 Å². The minimum Gasteiger partial charge on any atom is -0.307 e. The molecular weight excluding hydrogens is 777 g/mol. The van der Waals surface area contributed by atoms with E-state index in [9.17, 15) is 0 Å². The molecule has 10 aromatic carbocycles. The molecule has 63 heavy (non-hydrogen) atoms. The van der Waals surface area contributed by atoms with Crippen LogP contribution in [-0.2, 0) is 0 Å². The molecule has 296 valence electrons. The predicted octanol–water partition coefficient (Wildman–Crippen LogP) is 12.6. The molecule has 12 rings (SSSR count). The fraction of sp³-hybridized carbons (Fsp3) is 0. The van der Waals surface area contributed by atoms with Crippen molar-refractivity contribution in [2.75, 3.05) is 0 Å². The molecule has 0 aliphatic heterocycles. The molecule has 0 spiro atoms. The van der Waals surface area contributed by atoms with E-state index in [1.54, 1.807) is 0 Å². The van der Waals surface area contributed by atoms with Gasteiger partial charge in [0.05, 0.1) is 33.4 Å². The maximum absolute atomic E-state index is 2.92. The average molecular weight is 819 g/mol. The van der Waals surface area contributed by atoms with Crippen molar-refractivity contribution in [3.8, 4) is 33.6 Å². The molecule has 0 fully saturated rings. The number of fused-ring (bicyclic) bond motifs is 6. The Morgan fingerprint density at radius 3 is 1.33 bits per heavy atom. The molecule has 0 N–H and O–H groups in total. The molecule has 2 nitrogen and oxygen atoms in total. The maximum atomic E-state index is 2.55. The van der Waals surface area contributed by atoms with Crippen molar-refractivity contribution in [2.45, 2.75) is 0 Å². The number of para-hydroxylation sites is 3. The highest BCUT2D eigenvalue weighted by molar-refractivity contribution is 7.20. The van der Waals surface area contributed by atoms with Gasteiger partial charge in [0.1, 0.15) is 0 Å². The summed E-state index contributed by atoms with van der Waals surface area (Å²) < 4.78 is 5.09. The van der Waals surface area contributed by atoms with E-state index in [0.29, 0.717) is 0 Å². The van der Waals surface area contributed by atoms with E-state index < -0.39 is 8.07 Å². The highest BCUT2D eigenvalue weighted by atomic mass is 28.3. The van der Waals surface area contributed by atoms with E-state index in [4.69, 9.17) is 0 Å². The van der Waals surface area contributed by atoms with Gasteiger partial charge in [0.25, 0.3) is 0 Å². The fourth-order valence-electron chi connectivity index (χ4n) is 10.5. The molecule has 12 aromatic rings. The minimum absolute atomic E-state index is 1.14. The van der Waals surface area contributed by atoms with Crippen LogP contribution in [0.4, 0.5) is 0 Å². The van der Waals surface area contributed by atoms with Gasteiger partial charge in [-0.1, -0.05) is 224 Å². The third kappa shape index (κ3) is 5.71. The molecule has 2 heterocycles. The van der Waals surface area contributed by atoms with Crippen LogP contribution in [0.5, 0.6) is 0 Å². The second kappa shape index (κ2) is 15.2. The first-order valence-electron chi connectivity index (χ1n) is 21.8. The van der Waals surface area contributed by atoms with E-state index >= 15 is 0 Å². The highest BCUT2D eigenvalue weighted by Gasteiger charge is 2.43. The van der Waals surface area contributed by atoms with Crippen LogP contribution in [0.15, 0.2) is 255 Å². The molecule has 0 atom stereocenters. The zero-order valence-corrected chi connectivity index (χ0v) is 35.6. The lowest BCUT2D eigenvalue weighted by Crippen LogP contribution is -2.74. The first kappa shape index (κ1) is 36.8. The molecule has 0 aliphatic carbocycles.